The standard InChI is InChI=1S/C25H22ClN3O3/c1-3-32-20-11-8-17(9-12-20)22-23(28-18-10-7-16(2)21(26)14-18)25(31)29(24(22)30)15-19-6-4-5-13-27-19/h4-14,28H,3,15H2,1-2H3. The fourth-order valence-electron chi connectivity index (χ4n) is 3.46. The lowest BCUT2D eigenvalue weighted by molar-refractivity contribution is -0.137. The summed E-state index contributed by atoms with van der Waals surface area (Å²) in [5.74, 6) is -0.106. The zero-order valence-electron chi connectivity index (χ0n) is 17.8. The number of aryl methyl sites for hydroxylation is 1. The molecule has 6 nitrogen and oxygen atoms in total. The molecule has 162 valence electrons. The lowest BCUT2D eigenvalue weighted by Crippen LogP contribution is -2.32. The number of halogens is 1. The Kier molecular flexibility index (Phi) is 6.23. The summed E-state index contributed by atoms with van der Waals surface area (Å²) in [4.78, 5) is 32.2. The van der Waals surface area contributed by atoms with Gasteiger partial charge in [-0.1, -0.05) is 35.9 Å². The van der Waals surface area contributed by atoms with Crippen molar-refractivity contribution in [3.05, 3.63) is 94.4 Å². The van der Waals surface area contributed by atoms with Crippen molar-refractivity contribution in [1.29, 1.82) is 0 Å². The highest BCUT2D eigenvalue weighted by atomic mass is 35.5. The van der Waals surface area contributed by atoms with Crippen molar-refractivity contribution in [3.63, 3.8) is 0 Å². The van der Waals surface area contributed by atoms with Crippen LogP contribution in [0.25, 0.3) is 5.57 Å². The minimum absolute atomic E-state index is 0.0822. The summed E-state index contributed by atoms with van der Waals surface area (Å²) in [6.45, 7) is 4.42. The van der Waals surface area contributed by atoms with Gasteiger partial charge in [0.2, 0.25) is 0 Å². The third-order valence-electron chi connectivity index (χ3n) is 5.11. The van der Waals surface area contributed by atoms with E-state index in [4.69, 9.17) is 16.3 Å². The van der Waals surface area contributed by atoms with Crippen molar-refractivity contribution in [3.8, 4) is 5.75 Å². The second-order valence-electron chi connectivity index (χ2n) is 7.31. The normalized spacial score (nSPS) is 13.7. The van der Waals surface area contributed by atoms with E-state index in [1.807, 2.05) is 32.0 Å². The molecular weight excluding hydrogens is 426 g/mol. The Balaban J connectivity index is 1.73. The van der Waals surface area contributed by atoms with Gasteiger partial charge in [0.15, 0.2) is 0 Å². The molecule has 32 heavy (non-hydrogen) atoms. The predicted octanol–water partition coefficient (Wildman–Crippen LogP) is 4.83. The molecule has 1 N–H and O–H groups in total. The van der Waals surface area contributed by atoms with Crippen LogP contribution in [0.4, 0.5) is 5.69 Å². The summed E-state index contributed by atoms with van der Waals surface area (Å²) in [5.41, 5.74) is 3.29. The van der Waals surface area contributed by atoms with E-state index in [1.165, 1.54) is 4.90 Å². The number of carbonyl (C=O) groups is 2. The van der Waals surface area contributed by atoms with Gasteiger partial charge in [-0.25, -0.2) is 0 Å². The Morgan fingerprint density at radius 2 is 1.81 bits per heavy atom. The van der Waals surface area contributed by atoms with Crippen LogP contribution in [-0.2, 0) is 16.1 Å². The molecule has 0 saturated carbocycles. The van der Waals surface area contributed by atoms with E-state index in [9.17, 15) is 9.59 Å². The monoisotopic (exact) mass is 447 g/mol. The summed E-state index contributed by atoms with van der Waals surface area (Å²) in [5, 5.41) is 3.69. The van der Waals surface area contributed by atoms with E-state index in [2.05, 4.69) is 10.3 Å². The Labute approximate surface area is 191 Å². The van der Waals surface area contributed by atoms with Gasteiger partial charge in [0.25, 0.3) is 11.8 Å². The average Bonchev–Trinajstić information content (AvgIpc) is 3.02. The van der Waals surface area contributed by atoms with E-state index < -0.39 is 5.91 Å². The number of imide groups is 1. The summed E-state index contributed by atoms with van der Waals surface area (Å²) in [6.07, 6.45) is 1.63. The van der Waals surface area contributed by atoms with E-state index in [0.29, 0.717) is 39.9 Å². The molecule has 0 atom stereocenters. The fraction of sp³-hybridized carbons (Fsp3) is 0.160. The number of ether oxygens (including phenoxy) is 1. The largest absolute Gasteiger partial charge is 0.494 e. The molecule has 1 aliphatic rings. The number of hydrogen-bond acceptors (Lipinski definition) is 5. The molecule has 2 aromatic carbocycles. The Morgan fingerprint density at radius 3 is 2.47 bits per heavy atom. The van der Waals surface area contributed by atoms with Gasteiger partial charge in [-0.15, -0.1) is 0 Å². The molecule has 1 aliphatic heterocycles. The van der Waals surface area contributed by atoms with Crippen LogP contribution in [0.2, 0.25) is 5.02 Å². The van der Waals surface area contributed by atoms with Crippen molar-refractivity contribution in [2.75, 3.05) is 11.9 Å². The maximum absolute atomic E-state index is 13.4. The number of amides is 2. The Morgan fingerprint density at radius 1 is 1.03 bits per heavy atom. The number of anilines is 1. The van der Waals surface area contributed by atoms with Crippen LogP contribution in [-0.4, -0.2) is 28.3 Å². The molecule has 0 unspecified atom stereocenters. The minimum Gasteiger partial charge on any atom is -0.494 e. The molecule has 0 fully saturated rings. The molecule has 4 rings (SSSR count). The molecule has 0 bridgehead atoms. The zero-order chi connectivity index (χ0) is 22.7. The molecule has 2 amide bonds. The van der Waals surface area contributed by atoms with Crippen molar-refractivity contribution < 1.29 is 14.3 Å². The first-order valence-corrected chi connectivity index (χ1v) is 10.6. The molecule has 1 aromatic heterocycles. The van der Waals surface area contributed by atoms with Gasteiger partial charge in [-0.2, -0.15) is 0 Å². The number of rotatable bonds is 7. The number of aromatic nitrogens is 1. The highest BCUT2D eigenvalue weighted by Gasteiger charge is 2.39. The topological polar surface area (TPSA) is 71.5 Å². The summed E-state index contributed by atoms with van der Waals surface area (Å²) >= 11 is 6.26. The summed E-state index contributed by atoms with van der Waals surface area (Å²) in [7, 11) is 0. The van der Waals surface area contributed by atoms with Gasteiger partial charge in [0.05, 0.1) is 24.4 Å². The van der Waals surface area contributed by atoms with Crippen LogP contribution in [0.3, 0.4) is 0 Å². The smallest absolute Gasteiger partial charge is 0.278 e. The Bertz CT molecular complexity index is 1190. The van der Waals surface area contributed by atoms with E-state index in [0.717, 1.165) is 5.56 Å². The van der Waals surface area contributed by atoms with Gasteiger partial charge in [-0.05, 0) is 61.4 Å². The second-order valence-corrected chi connectivity index (χ2v) is 7.72. The maximum Gasteiger partial charge on any atom is 0.278 e. The van der Waals surface area contributed by atoms with E-state index in [1.54, 1.807) is 48.7 Å². The molecule has 3 aromatic rings. The molecule has 0 aliphatic carbocycles. The van der Waals surface area contributed by atoms with E-state index in [-0.39, 0.29) is 18.1 Å². The van der Waals surface area contributed by atoms with Crippen LogP contribution in [0.15, 0.2) is 72.6 Å². The van der Waals surface area contributed by atoms with Crippen molar-refractivity contribution in [1.82, 2.24) is 9.88 Å². The maximum atomic E-state index is 13.4. The van der Waals surface area contributed by atoms with Crippen molar-refractivity contribution >= 4 is 34.7 Å². The second kappa shape index (κ2) is 9.24. The fourth-order valence-corrected chi connectivity index (χ4v) is 3.64. The third-order valence-corrected chi connectivity index (χ3v) is 5.52. The van der Waals surface area contributed by atoms with Gasteiger partial charge >= 0.3 is 0 Å². The number of nitrogens with zero attached hydrogens (tertiary/aromatic N) is 2. The SMILES string of the molecule is CCOc1ccc(C2=C(Nc3ccc(C)c(Cl)c3)C(=O)N(Cc3ccccn3)C2=O)cc1. The van der Waals surface area contributed by atoms with Gasteiger partial charge in [0, 0.05) is 16.9 Å². The summed E-state index contributed by atoms with van der Waals surface area (Å²) in [6, 6.07) is 17.9. The van der Waals surface area contributed by atoms with Crippen LogP contribution < -0.4 is 10.1 Å². The first kappa shape index (κ1) is 21.6. The third kappa shape index (κ3) is 4.36. The molecular formula is C25H22ClN3O3. The molecule has 7 heteroatoms. The number of hydrogen-bond donors (Lipinski definition) is 1. The van der Waals surface area contributed by atoms with Gasteiger partial charge in [0.1, 0.15) is 11.4 Å². The Hall–Kier alpha value is -3.64. The number of benzene rings is 2. The van der Waals surface area contributed by atoms with Crippen LogP contribution >= 0.6 is 11.6 Å². The highest BCUT2D eigenvalue weighted by molar-refractivity contribution is 6.36. The van der Waals surface area contributed by atoms with Gasteiger partial charge in [-0.3, -0.25) is 19.5 Å². The highest BCUT2D eigenvalue weighted by Crippen LogP contribution is 2.33. The van der Waals surface area contributed by atoms with Crippen LogP contribution in [0, 0.1) is 6.92 Å². The van der Waals surface area contributed by atoms with Crippen molar-refractivity contribution in [2.24, 2.45) is 0 Å². The van der Waals surface area contributed by atoms with Gasteiger partial charge < -0.3 is 10.1 Å². The first-order valence-electron chi connectivity index (χ1n) is 10.2. The number of carbonyl (C=O) groups excluding carboxylic acids is 2. The average molecular weight is 448 g/mol. The molecule has 0 radical (unpaired) electrons. The predicted molar refractivity (Wildman–Crippen MR) is 124 cm³/mol. The zero-order valence-corrected chi connectivity index (χ0v) is 18.5. The minimum atomic E-state index is -0.416. The lowest BCUT2D eigenvalue weighted by atomic mass is 10.0. The summed E-state index contributed by atoms with van der Waals surface area (Å²) < 4.78 is 5.50. The number of nitrogens with one attached hydrogen (secondary N) is 1. The van der Waals surface area contributed by atoms with Crippen LogP contribution in [0.5, 0.6) is 5.75 Å². The van der Waals surface area contributed by atoms with Crippen LogP contribution in [0.1, 0.15) is 23.7 Å². The molecule has 2 heterocycles. The molecule has 0 spiro atoms. The lowest BCUT2D eigenvalue weighted by Gasteiger charge is -2.15. The first-order chi connectivity index (χ1) is 15.5. The van der Waals surface area contributed by atoms with E-state index >= 15 is 0 Å². The molecule has 0 saturated heterocycles. The van der Waals surface area contributed by atoms with Crippen molar-refractivity contribution in [2.45, 2.75) is 20.4 Å². The number of pyridine rings is 1. The quantitative estimate of drug-likeness (QED) is 0.525.